The molecule has 102 valence electrons. The summed E-state index contributed by atoms with van der Waals surface area (Å²) in [6.07, 6.45) is -3.96. The first-order chi connectivity index (χ1) is 8.54. The second-order valence-electron chi connectivity index (χ2n) is 4.47. The van der Waals surface area contributed by atoms with Crippen molar-refractivity contribution in [2.24, 2.45) is 11.1 Å². The number of carbonyl (C=O) groups is 1. The van der Waals surface area contributed by atoms with E-state index in [4.69, 9.17) is 5.26 Å². The van der Waals surface area contributed by atoms with Gasteiger partial charge in [-0.05, 0) is 19.8 Å². The minimum absolute atomic E-state index is 0.148. The summed E-state index contributed by atoms with van der Waals surface area (Å²) in [5.74, 6) is 2.42. The number of nitrogens with two attached hydrogens (primary N) is 1. The molecule has 3 N–H and O–H groups in total. The summed E-state index contributed by atoms with van der Waals surface area (Å²) in [6, 6.07) is 1.85. The van der Waals surface area contributed by atoms with Crippen molar-refractivity contribution in [3.05, 3.63) is 11.6 Å². The normalized spacial score (nSPS) is 20.5. The van der Waals surface area contributed by atoms with Crippen LogP contribution in [0.15, 0.2) is 11.6 Å². The number of nitriles is 1. The maximum Gasteiger partial charge on any atom is 0.424 e. The Labute approximate surface area is 107 Å². The number of primary amides is 1. The molecule has 1 saturated carbocycles. The number of rotatable bonds is 2. The zero-order valence-electron chi connectivity index (χ0n) is 10.0. The predicted molar refractivity (Wildman–Crippen MR) is 59.0 cm³/mol. The number of allylic oxidation sites excluding steroid dienone is 1. The lowest BCUT2D eigenvalue weighted by molar-refractivity contribution is -0.115. The molecule has 1 aliphatic carbocycles. The van der Waals surface area contributed by atoms with Crippen LogP contribution in [0.1, 0.15) is 19.8 Å². The lowest BCUT2D eigenvalue weighted by atomic mass is 9.87. The fraction of sp³-hybridized carbons (Fsp3) is 0.500. The third kappa shape index (κ3) is 3.27. The zero-order valence-corrected chi connectivity index (χ0v) is 10.0. The highest BCUT2D eigenvalue weighted by molar-refractivity contribution is 5.87. The first kappa shape index (κ1) is 15.1. The van der Waals surface area contributed by atoms with E-state index in [1.54, 1.807) is 5.92 Å². The van der Waals surface area contributed by atoms with E-state index in [9.17, 15) is 23.1 Å². The van der Waals surface area contributed by atoms with Crippen LogP contribution in [0.2, 0.25) is 0 Å². The number of alkyl halides is 3. The summed E-state index contributed by atoms with van der Waals surface area (Å²) in [6.45, 7) is 1.18. The highest BCUT2D eigenvalue weighted by Gasteiger charge is 2.56. The lowest BCUT2D eigenvalue weighted by Crippen LogP contribution is -2.33. The van der Waals surface area contributed by atoms with E-state index in [0.717, 1.165) is 0 Å². The van der Waals surface area contributed by atoms with E-state index < -0.39 is 28.7 Å². The van der Waals surface area contributed by atoms with Crippen molar-refractivity contribution in [2.45, 2.75) is 31.5 Å². The van der Waals surface area contributed by atoms with E-state index in [1.165, 1.54) is 6.92 Å². The molecule has 0 aromatic heterocycles. The molecule has 0 aromatic rings. The van der Waals surface area contributed by atoms with Crippen LogP contribution in [-0.4, -0.2) is 22.8 Å². The van der Waals surface area contributed by atoms with E-state index in [2.05, 4.69) is 5.73 Å². The van der Waals surface area contributed by atoms with Gasteiger partial charge in [0, 0.05) is 6.08 Å². The van der Waals surface area contributed by atoms with Crippen molar-refractivity contribution in [3.8, 4) is 17.9 Å². The van der Waals surface area contributed by atoms with Gasteiger partial charge in [0.05, 0.1) is 11.5 Å². The van der Waals surface area contributed by atoms with Crippen molar-refractivity contribution in [1.29, 1.82) is 5.26 Å². The van der Waals surface area contributed by atoms with Crippen LogP contribution >= 0.6 is 0 Å². The van der Waals surface area contributed by atoms with Crippen LogP contribution in [0.5, 0.6) is 0 Å². The molecule has 0 aliphatic heterocycles. The van der Waals surface area contributed by atoms with Gasteiger partial charge < -0.3 is 10.8 Å². The molecule has 1 amide bonds. The Morgan fingerprint density at radius 2 is 2.00 bits per heavy atom. The minimum atomic E-state index is -4.85. The highest BCUT2D eigenvalue weighted by Crippen LogP contribution is 2.53. The monoisotopic (exact) mass is 272 g/mol. The van der Waals surface area contributed by atoms with Gasteiger partial charge in [0.2, 0.25) is 5.91 Å². The Bertz CT molecular complexity index is 526. The molecule has 0 saturated heterocycles. The molecule has 0 heterocycles. The standard InChI is InChI=1S/C12H11F3N2O2/c1-10(19,11(7-16)4-5-11)3-2-8(6-9(17)18)12(13,14)15/h6,19H,4-5H2,1H3,(H2,17,18)/b8-6+/t10-/m0/s1. The molecular formula is C12H11F3N2O2. The molecular weight excluding hydrogens is 261 g/mol. The van der Waals surface area contributed by atoms with Crippen LogP contribution in [0.4, 0.5) is 13.2 Å². The number of hydrogen-bond acceptors (Lipinski definition) is 3. The summed E-state index contributed by atoms with van der Waals surface area (Å²) in [7, 11) is 0. The average Bonchev–Trinajstić information content (AvgIpc) is 3.03. The molecule has 1 fully saturated rings. The Morgan fingerprint density at radius 1 is 1.47 bits per heavy atom. The van der Waals surface area contributed by atoms with Gasteiger partial charge in [0.25, 0.3) is 0 Å². The average molecular weight is 272 g/mol. The van der Waals surface area contributed by atoms with E-state index in [-0.39, 0.29) is 6.08 Å². The SMILES string of the molecule is C[C@](O)(C#C/C(=C\C(N)=O)C(F)(F)F)C1(C#N)CC1. The number of aliphatic hydroxyl groups is 1. The summed E-state index contributed by atoms with van der Waals surface area (Å²) in [5.41, 5.74) is 0.199. The van der Waals surface area contributed by atoms with Gasteiger partial charge in [-0.25, -0.2) is 0 Å². The van der Waals surface area contributed by atoms with Crippen molar-refractivity contribution < 1.29 is 23.1 Å². The smallest absolute Gasteiger partial charge is 0.376 e. The topological polar surface area (TPSA) is 87.1 Å². The fourth-order valence-electron chi connectivity index (χ4n) is 1.47. The summed E-state index contributed by atoms with van der Waals surface area (Å²) < 4.78 is 37.6. The first-order valence-electron chi connectivity index (χ1n) is 5.29. The number of hydrogen-bond donors (Lipinski definition) is 2. The Balaban J connectivity index is 3.10. The maximum absolute atomic E-state index is 12.5. The van der Waals surface area contributed by atoms with Crippen molar-refractivity contribution in [2.75, 3.05) is 0 Å². The van der Waals surface area contributed by atoms with E-state index in [1.807, 2.05) is 12.0 Å². The number of amides is 1. The summed E-state index contributed by atoms with van der Waals surface area (Å²) in [4.78, 5) is 10.5. The Morgan fingerprint density at radius 3 is 2.32 bits per heavy atom. The first-order valence-corrected chi connectivity index (χ1v) is 5.29. The van der Waals surface area contributed by atoms with Crippen LogP contribution in [0.3, 0.4) is 0 Å². The fourth-order valence-corrected chi connectivity index (χ4v) is 1.47. The van der Waals surface area contributed by atoms with E-state index in [0.29, 0.717) is 12.8 Å². The molecule has 7 heteroatoms. The summed E-state index contributed by atoms with van der Waals surface area (Å²) in [5, 5.41) is 18.8. The van der Waals surface area contributed by atoms with Gasteiger partial charge in [-0.3, -0.25) is 4.79 Å². The Hall–Kier alpha value is -1.99. The van der Waals surface area contributed by atoms with Crippen LogP contribution in [0, 0.1) is 28.6 Å². The number of halogens is 3. The van der Waals surface area contributed by atoms with Crippen LogP contribution in [0.25, 0.3) is 0 Å². The third-order valence-corrected chi connectivity index (χ3v) is 2.93. The van der Waals surface area contributed by atoms with Crippen molar-refractivity contribution in [3.63, 3.8) is 0 Å². The van der Waals surface area contributed by atoms with Gasteiger partial charge in [-0.15, -0.1) is 0 Å². The van der Waals surface area contributed by atoms with Crippen molar-refractivity contribution in [1.82, 2.24) is 0 Å². The molecule has 19 heavy (non-hydrogen) atoms. The molecule has 0 unspecified atom stereocenters. The second-order valence-corrected chi connectivity index (χ2v) is 4.47. The minimum Gasteiger partial charge on any atom is -0.376 e. The quantitative estimate of drug-likeness (QED) is 0.581. The van der Waals surface area contributed by atoms with Gasteiger partial charge in [0.1, 0.15) is 11.2 Å². The van der Waals surface area contributed by atoms with Gasteiger partial charge in [0.15, 0.2) is 0 Å². The highest BCUT2D eigenvalue weighted by atomic mass is 19.4. The molecule has 0 spiro atoms. The molecule has 1 atom stereocenters. The van der Waals surface area contributed by atoms with Gasteiger partial charge in [-0.2, -0.15) is 18.4 Å². The summed E-state index contributed by atoms with van der Waals surface area (Å²) >= 11 is 0. The molecule has 0 aromatic carbocycles. The predicted octanol–water partition coefficient (Wildman–Crippen LogP) is 1.02. The lowest BCUT2D eigenvalue weighted by Gasteiger charge is -2.21. The molecule has 1 rings (SSSR count). The van der Waals surface area contributed by atoms with Gasteiger partial charge in [-0.1, -0.05) is 11.8 Å². The largest absolute Gasteiger partial charge is 0.424 e. The van der Waals surface area contributed by atoms with Gasteiger partial charge >= 0.3 is 6.18 Å². The molecule has 1 aliphatic rings. The van der Waals surface area contributed by atoms with Crippen LogP contribution in [-0.2, 0) is 4.79 Å². The van der Waals surface area contributed by atoms with Crippen molar-refractivity contribution >= 4 is 5.91 Å². The third-order valence-electron chi connectivity index (χ3n) is 2.93. The molecule has 0 bridgehead atoms. The number of carbonyl (C=O) groups excluding carboxylic acids is 1. The van der Waals surface area contributed by atoms with Crippen LogP contribution < -0.4 is 5.73 Å². The zero-order chi connectivity index (χ0) is 14.9. The number of nitrogens with zero attached hydrogens (tertiary/aromatic N) is 1. The molecule has 0 radical (unpaired) electrons. The second kappa shape index (κ2) is 4.60. The maximum atomic E-state index is 12.5. The Kier molecular flexibility index (Phi) is 3.65. The van der Waals surface area contributed by atoms with E-state index >= 15 is 0 Å². The molecule has 4 nitrogen and oxygen atoms in total.